The van der Waals surface area contributed by atoms with E-state index < -0.39 is 6.10 Å². The number of hydrogen-bond acceptors (Lipinski definition) is 6. The predicted molar refractivity (Wildman–Crippen MR) is 129 cm³/mol. The summed E-state index contributed by atoms with van der Waals surface area (Å²) >= 11 is 0. The summed E-state index contributed by atoms with van der Waals surface area (Å²) in [6.07, 6.45) is 6.30. The molecule has 0 bridgehead atoms. The van der Waals surface area contributed by atoms with E-state index in [0.717, 1.165) is 48.6 Å². The largest absolute Gasteiger partial charge is 0.466 e. The van der Waals surface area contributed by atoms with E-state index in [-0.39, 0.29) is 36.3 Å². The Bertz CT molecular complexity index is 1020. The fourth-order valence-corrected chi connectivity index (χ4v) is 4.00. The molecule has 9 nitrogen and oxygen atoms in total. The third-order valence-corrected chi connectivity index (χ3v) is 5.84. The zero-order valence-corrected chi connectivity index (χ0v) is 19.9. The number of rotatable bonds is 13. The van der Waals surface area contributed by atoms with Crippen LogP contribution in [-0.2, 0) is 23.9 Å². The summed E-state index contributed by atoms with van der Waals surface area (Å²) in [6, 6.07) is 7.99. The number of ether oxygens (including phenoxy) is 2. The first-order valence-corrected chi connectivity index (χ1v) is 12.0. The van der Waals surface area contributed by atoms with Crippen molar-refractivity contribution in [2.45, 2.75) is 64.4 Å². The number of H-pyrrole nitrogens is 1. The number of carbonyl (C=O) groups is 3. The van der Waals surface area contributed by atoms with Crippen LogP contribution in [0.2, 0.25) is 0 Å². The summed E-state index contributed by atoms with van der Waals surface area (Å²) in [7, 11) is 0. The van der Waals surface area contributed by atoms with Crippen LogP contribution in [0.1, 0.15) is 63.9 Å². The molecule has 3 rings (SSSR count). The van der Waals surface area contributed by atoms with Gasteiger partial charge >= 0.3 is 5.97 Å². The Morgan fingerprint density at radius 3 is 2.76 bits per heavy atom. The van der Waals surface area contributed by atoms with Gasteiger partial charge in [-0.15, -0.1) is 0 Å². The Morgan fingerprint density at radius 2 is 1.94 bits per heavy atom. The molecular formula is C25H34N4O5. The first kappa shape index (κ1) is 25.3. The highest BCUT2D eigenvalue weighted by atomic mass is 16.5. The van der Waals surface area contributed by atoms with Crippen LogP contribution in [0, 0.1) is 0 Å². The van der Waals surface area contributed by atoms with Crippen molar-refractivity contribution in [3.05, 3.63) is 36.0 Å². The van der Waals surface area contributed by atoms with E-state index in [4.69, 9.17) is 9.47 Å². The molecule has 34 heavy (non-hydrogen) atoms. The topological polar surface area (TPSA) is 122 Å². The first-order chi connectivity index (χ1) is 16.5. The number of aliphatic imine (C=N–C) groups is 1. The molecule has 0 radical (unpaired) electrons. The van der Waals surface area contributed by atoms with E-state index >= 15 is 0 Å². The van der Waals surface area contributed by atoms with Gasteiger partial charge in [-0.2, -0.15) is 0 Å². The van der Waals surface area contributed by atoms with Crippen LogP contribution in [0.4, 0.5) is 0 Å². The molecule has 1 fully saturated rings. The van der Waals surface area contributed by atoms with Crippen molar-refractivity contribution >= 4 is 34.7 Å². The monoisotopic (exact) mass is 470 g/mol. The quantitative estimate of drug-likeness (QED) is 0.307. The summed E-state index contributed by atoms with van der Waals surface area (Å²) in [6.45, 7) is 4.62. The number of fused-ring (bicyclic) bond motifs is 1. The number of aromatic nitrogens is 1. The minimum absolute atomic E-state index is 0.0819. The van der Waals surface area contributed by atoms with Gasteiger partial charge in [0.15, 0.2) is 6.10 Å². The van der Waals surface area contributed by atoms with Gasteiger partial charge in [-0.3, -0.25) is 19.7 Å². The number of aromatic amines is 1. The standard InChI is InChI=1S/C25H34N4O5/c1-3-33-22(31)13-7-5-4-6-10-14-26-21(30)16-28-25-29-24(32)23(34-25)17(2)19-15-27-20-12-9-8-11-18(19)20/h8-9,11-12,15,17,23,27H,3-7,10,13-14,16H2,1-2H3,(H,26,30)(H,28,29,32)/t17-,23+/m1/s1. The molecule has 3 N–H and O–H groups in total. The Labute approximate surface area is 199 Å². The highest BCUT2D eigenvalue weighted by molar-refractivity contribution is 6.03. The molecule has 184 valence electrons. The van der Waals surface area contributed by atoms with E-state index in [1.165, 1.54) is 0 Å². The van der Waals surface area contributed by atoms with E-state index in [1.54, 1.807) is 6.92 Å². The lowest BCUT2D eigenvalue weighted by molar-refractivity contribution is -0.143. The van der Waals surface area contributed by atoms with Gasteiger partial charge in [-0.25, -0.2) is 4.99 Å². The molecule has 2 atom stereocenters. The number of esters is 1. The van der Waals surface area contributed by atoms with E-state index in [0.29, 0.717) is 19.6 Å². The average Bonchev–Trinajstić information content (AvgIpc) is 3.42. The molecule has 2 amide bonds. The van der Waals surface area contributed by atoms with E-state index in [9.17, 15) is 14.4 Å². The first-order valence-electron chi connectivity index (χ1n) is 12.0. The molecule has 1 saturated heterocycles. The average molecular weight is 471 g/mol. The SMILES string of the molecule is CCOC(=O)CCCCCCCNC(=O)CN=C1NC(=O)[C@H]([C@H](C)c2c[nH]c3ccccc23)O1. The van der Waals surface area contributed by atoms with Crippen LogP contribution in [0.15, 0.2) is 35.5 Å². The molecule has 0 unspecified atom stereocenters. The number of nitrogens with one attached hydrogen (secondary N) is 3. The summed E-state index contributed by atoms with van der Waals surface area (Å²) in [4.78, 5) is 43.1. The molecule has 0 aliphatic carbocycles. The van der Waals surface area contributed by atoms with Crippen molar-refractivity contribution in [3.63, 3.8) is 0 Å². The lowest BCUT2D eigenvalue weighted by Crippen LogP contribution is -2.29. The van der Waals surface area contributed by atoms with Gasteiger partial charge < -0.3 is 19.8 Å². The maximum atomic E-state index is 12.4. The van der Waals surface area contributed by atoms with Gasteiger partial charge in [0.25, 0.3) is 11.9 Å². The van der Waals surface area contributed by atoms with Crippen LogP contribution < -0.4 is 10.6 Å². The number of nitrogens with zero attached hydrogens (tertiary/aromatic N) is 1. The number of para-hydroxylation sites is 1. The zero-order valence-electron chi connectivity index (χ0n) is 19.9. The van der Waals surface area contributed by atoms with Crippen molar-refractivity contribution in [2.24, 2.45) is 4.99 Å². The molecule has 9 heteroatoms. The Hall–Kier alpha value is -3.36. The maximum absolute atomic E-state index is 12.4. The lowest BCUT2D eigenvalue weighted by atomic mass is 9.94. The maximum Gasteiger partial charge on any atom is 0.305 e. The minimum atomic E-state index is -0.704. The molecule has 1 aliphatic rings. The Kier molecular flexibility index (Phi) is 9.49. The molecular weight excluding hydrogens is 436 g/mol. The van der Waals surface area contributed by atoms with Crippen LogP contribution in [-0.4, -0.2) is 54.6 Å². The number of unbranched alkanes of at least 4 members (excludes halogenated alkanes) is 4. The molecule has 2 heterocycles. The number of benzene rings is 1. The molecule has 2 aromatic rings. The molecule has 1 aromatic carbocycles. The van der Waals surface area contributed by atoms with E-state index in [2.05, 4.69) is 20.6 Å². The van der Waals surface area contributed by atoms with E-state index in [1.807, 2.05) is 37.4 Å². The van der Waals surface area contributed by atoms with Crippen molar-refractivity contribution in [1.82, 2.24) is 15.6 Å². The minimum Gasteiger partial charge on any atom is -0.466 e. The summed E-state index contributed by atoms with van der Waals surface area (Å²) in [5, 5.41) is 6.51. The lowest BCUT2D eigenvalue weighted by Gasteiger charge is -2.15. The number of carbonyl (C=O) groups excluding carboxylic acids is 3. The molecule has 1 aromatic heterocycles. The van der Waals surface area contributed by atoms with Gasteiger partial charge in [-0.1, -0.05) is 44.4 Å². The summed E-state index contributed by atoms with van der Waals surface area (Å²) < 4.78 is 10.6. The van der Waals surface area contributed by atoms with Gasteiger partial charge in [0.2, 0.25) is 5.91 Å². The van der Waals surface area contributed by atoms with Gasteiger partial charge in [0.05, 0.1) is 6.61 Å². The van der Waals surface area contributed by atoms with Crippen molar-refractivity contribution < 1.29 is 23.9 Å². The Morgan fingerprint density at radius 1 is 1.18 bits per heavy atom. The van der Waals surface area contributed by atoms with Crippen LogP contribution in [0.3, 0.4) is 0 Å². The zero-order chi connectivity index (χ0) is 24.3. The number of amides is 2. The number of amidine groups is 1. The number of hydrogen-bond donors (Lipinski definition) is 3. The normalized spacial score (nSPS) is 17.4. The van der Waals surface area contributed by atoms with Crippen molar-refractivity contribution in [2.75, 3.05) is 19.7 Å². The van der Waals surface area contributed by atoms with Gasteiger partial charge in [-0.05, 0) is 31.4 Å². The second-order valence-electron chi connectivity index (χ2n) is 8.40. The van der Waals surface area contributed by atoms with Crippen molar-refractivity contribution in [3.8, 4) is 0 Å². The van der Waals surface area contributed by atoms with Crippen LogP contribution >= 0.6 is 0 Å². The van der Waals surface area contributed by atoms with Crippen molar-refractivity contribution in [1.29, 1.82) is 0 Å². The summed E-state index contributed by atoms with van der Waals surface area (Å²) in [5.74, 6) is -0.812. The fraction of sp³-hybridized carbons (Fsp3) is 0.520. The molecule has 0 saturated carbocycles. The Balaban J connectivity index is 1.34. The predicted octanol–water partition coefficient (Wildman–Crippen LogP) is 3.16. The van der Waals surface area contributed by atoms with Gasteiger partial charge in [0, 0.05) is 36.0 Å². The highest BCUT2D eigenvalue weighted by Gasteiger charge is 2.37. The second kappa shape index (κ2) is 12.8. The van der Waals surface area contributed by atoms with Crippen LogP contribution in [0.25, 0.3) is 10.9 Å². The smallest absolute Gasteiger partial charge is 0.305 e. The summed E-state index contributed by atoms with van der Waals surface area (Å²) in [5.41, 5.74) is 2.00. The van der Waals surface area contributed by atoms with Crippen LogP contribution in [0.5, 0.6) is 0 Å². The third-order valence-electron chi connectivity index (χ3n) is 5.84. The molecule has 1 aliphatic heterocycles. The highest BCUT2D eigenvalue weighted by Crippen LogP contribution is 2.30. The molecule has 0 spiro atoms. The van der Waals surface area contributed by atoms with Gasteiger partial charge in [0.1, 0.15) is 6.54 Å². The fourth-order valence-electron chi connectivity index (χ4n) is 4.00. The third kappa shape index (κ3) is 7.07. The second-order valence-corrected chi connectivity index (χ2v) is 8.40.